The number of nitrogens with one attached hydrogen (secondary N) is 1. The van der Waals surface area contributed by atoms with Crippen LogP contribution in [0.2, 0.25) is 0 Å². The first-order valence-electron chi connectivity index (χ1n) is 8.78. The van der Waals surface area contributed by atoms with Gasteiger partial charge in [0.05, 0.1) is 11.6 Å². The average Bonchev–Trinajstić information content (AvgIpc) is 2.65. The molecule has 27 heavy (non-hydrogen) atoms. The number of benzene rings is 3. The topological polar surface area (TPSA) is 29.1 Å². The zero-order valence-electron chi connectivity index (χ0n) is 14.9. The second kappa shape index (κ2) is 7.82. The van der Waals surface area contributed by atoms with E-state index in [0.717, 1.165) is 28.5 Å². The molecule has 0 aliphatic heterocycles. The third-order valence-electron chi connectivity index (χ3n) is 4.59. The summed E-state index contributed by atoms with van der Waals surface area (Å²) in [5.41, 5.74) is 1.06. The number of alkyl halides is 3. The van der Waals surface area contributed by atoms with Gasteiger partial charge in [-0.05, 0) is 47.4 Å². The van der Waals surface area contributed by atoms with Crippen LogP contribution in [0.25, 0.3) is 10.8 Å². The van der Waals surface area contributed by atoms with E-state index >= 15 is 0 Å². The largest absolute Gasteiger partial charge is 0.416 e. The Hall–Kier alpha value is -2.82. The van der Waals surface area contributed by atoms with Crippen molar-refractivity contribution < 1.29 is 18.0 Å². The van der Waals surface area contributed by atoms with E-state index in [2.05, 4.69) is 5.32 Å². The molecule has 3 rings (SSSR count). The zero-order chi connectivity index (χ0) is 19.4. The van der Waals surface area contributed by atoms with Crippen LogP contribution in [0.3, 0.4) is 0 Å². The number of hydrogen-bond acceptors (Lipinski definition) is 1. The first-order chi connectivity index (χ1) is 12.8. The molecule has 0 fully saturated rings. The Morgan fingerprint density at radius 1 is 0.963 bits per heavy atom. The van der Waals surface area contributed by atoms with Gasteiger partial charge in [-0.1, -0.05) is 54.6 Å². The number of aryl methyl sites for hydroxylation is 1. The van der Waals surface area contributed by atoms with Crippen molar-refractivity contribution in [3.05, 3.63) is 83.4 Å². The summed E-state index contributed by atoms with van der Waals surface area (Å²) in [5, 5.41) is 5.18. The predicted octanol–water partition coefficient (Wildman–Crippen LogP) is 5.67. The molecule has 0 aliphatic carbocycles. The maximum absolute atomic E-state index is 12.6. The Balaban J connectivity index is 1.60. The number of halogens is 3. The summed E-state index contributed by atoms with van der Waals surface area (Å²) < 4.78 is 37.8. The van der Waals surface area contributed by atoms with Crippen LogP contribution in [0.4, 0.5) is 13.2 Å². The highest BCUT2D eigenvalue weighted by Crippen LogP contribution is 2.29. The number of carbonyl (C=O) groups is 1. The number of rotatable bonds is 5. The van der Waals surface area contributed by atoms with Gasteiger partial charge in [0.15, 0.2) is 0 Å². The minimum absolute atomic E-state index is 0.129. The van der Waals surface area contributed by atoms with Gasteiger partial charge in [-0.3, -0.25) is 4.79 Å². The van der Waals surface area contributed by atoms with Gasteiger partial charge in [-0.15, -0.1) is 0 Å². The Morgan fingerprint density at radius 3 is 2.33 bits per heavy atom. The van der Waals surface area contributed by atoms with Crippen LogP contribution in [0.5, 0.6) is 0 Å². The van der Waals surface area contributed by atoms with Crippen molar-refractivity contribution in [2.45, 2.75) is 32.0 Å². The molecule has 0 saturated carbocycles. The molecular formula is C22H20F3NO. The van der Waals surface area contributed by atoms with Crippen molar-refractivity contribution in [2.24, 2.45) is 0 Å². The number of hydrogen-bond donors (Lipinski definition) is 1. The lowest BCUT2D eigenvalue weighted by Crippen LogP contribution is -2.27. The molecule has 5 heteroatoms. The molecule has 0 bridgehead atoms. The minimum atomic E-state index is -4.34. The van der Waals surface area contributed by atoms with Gasteiger partial charge in [-0.25, -0.2) is 0 Å². The van der Waals surface area contributed by atoms with Gasteiger partial charge >= 0.3 is 6.18 Å². The number of fused-ring (bicyclic) bond motifs is 1. The quantitative estimate of drug-likeness (QED) is 0.615. The minimum Gasteiger partial charge on any atom is -0.350 e. The molecule has 1 N–H and O–H groups in total. The van der Waals surface area contributed by atoms with Crippen LogP contribution < -0.4 is 5.32 Å². The van der Waals surface area contributed by atoms with E-state index in [1.807, 2.05) is 49.4 Å². The van der Waals surface area contributed by atoms with Crippen molar-refractivity contribution in [1.82, 2.24) is 5.32 Å². The average molecular weight is 371 g/mol. The van der Waals surface area contributed by atoms with E-state index in [1.54, 1.807) is 0 Å². The molecule has 3 aromatic rings. The van der Waals surface area contributed by atoms with Gasteiger partial charge in [0.2, 0.25) is 5.91 Å². The predicted molar refractivity (Wildman–Crippen MR) is 100 cm³/mol. The summed E-state index contributed by atoms with van der Waals surface area (Å²) in [7, 11) is 0. The standard InChI is InChI=1S/C22H20F3NO/c1-15(19-8-4-6-17-5-2-3-7-20(17)19)26-21(27)14-11-16-9-12-18(13-10-16)22(23,24)25/h2-10,12-13,15H,11,14H2,1H3,(H,26,27)/t15-/m0/s1. The second-order valence-corrected chi connectivity index (χ2v) is 6.55. The van der Waals surface area contributed by atoms with Crippen LogP contribution in [-0.4, -0.2) is 5.91 Å². The van der Waals surface area contributed by atoms with Crippen LogP contribution in [0.15, 0.2) is 66.7 Å². The van der Waals surface area contributed by atoms with Crippen molar-refractivity contribution >= 4 is 16.7 Å². The van der Waals surface area contributed by atoms with Gasteiger partial charge < -0.3 is 5.32 Å². The van der Waals surface area contributed by atoms with Crippen LogP contribution in [-0.2, 0) is 17.4 Å². The monoisotopic (exact) mass is 371 g/mol. The maximum atomic E-state index is 12.6. The first-order valence-corrected chi connectivity index (χ1v) is 8.78. The Bertz CT molecular complexity index is 927. The third kappa shape index (κ3) is 4.67. The van der Waals surface area contributed by atoms with Gasteiger partial charge in [0.1, 0.15) is 0 Å². The lowest BCUT2D eigenvalue weighted by Gasteiger charge is -2.17. The van der Waals surface area contributed by atoms with Crippen LogP contribution >= 0.6 is 0 Å². The molecule has 0 saturated heterocycles. The van der Waals surface area contributed by atoms with E-state index in [-0.39, 0.29) is 18.4 Å². The van der Waals surface area contributed by atoms with Gasteiger partial charge in [-0.2, -0.15) is 13.2 Å². The van der Waals surface area contributed by atoms with E-state index in [9.17, 15) is 18.0 Å². The highest BCUT2D eigenvalue weighted by atomic mass is 19.4. The van der Waals surface area contributed by atoms with Gasteiger partial charge in [0, 0.05) is 6.42 Å². The SMILES string of the molecule is C[C@H](NC(=O)CCc1ccc(C(F)(F)F)cc1)c1cccc2ccccc12. The zero-order valence-corrected chi connectivity index (χ0v) is 14.9. The Morgan fingerprint density at radius 2 is 1.63 bits per heavy atom. The van der Waals surface area contributed by atoms with Crippen LogP contribution in [0.1, 0.15) is 36.1 Å². The molecule has 0 spiro atoms. The summed E-state index contributed by atoms with van der Waals surface area (Å²) >= 11 is 0. The molecular weight excluding hydrogens is 351 g/mol. The molecule has 2 nitrogen and oxygen atoms in total. The molecule has 0 radical (unpaired) electrons. The summed E-state index contributed by atoms with van der Waals surface area (Å²) in [6, 6.07) is 18.7. The van der Waals surface area contributed by atoms with Crippen molar-refractivity contribution in [1.29, 1.82) is 0 Å². The molecule has 1 amide bonds. The molecule has 1 atom stereocenters. The molecule has 3 aromatic carbocycles. The van der Waals surface area contributed by atoms with Crippen molar-refractivity contribution in [3.8, 4) is 0 Å². The van der Waals surface area contributed by atoms with Crippen molar-refractivity contribution in [3.63, 3.8) is 0 Å². The highest BCUT2D eigenvalue weighted by molar-refractivity contribution is 5.86. The third-order valence-corrected chi connectivity index (χ3v) is 4.59. The first kappa shape index (κ1) is 19.0. The highest BCUT2D eigenvalue weighted by Gasteiger charge is 2.29. The normalized spacial score (nSPS) is 12.7. The van der Waals surface area contributed by atoms with Crippen LogP contribution in [0, 0.1) is 0 Å². The fraction of sp³-hybridized carbons (Fsp3) is 0.227. The fourth-order valence-corrected chi connectivity index (χ4v) is 3.14. The number of amides is 1. The van der Waals surface area contributed by atoms with E-state index < -0.39 is 11.7 Å². The van der Waals surface area contributed by atoms with E-state index in [4.69, 9.17) is 0 Å². The smallest absolute Gasteiger partial charge is 0.350 e. The van der Waals surface area contributed by atoms with Crippen molar-refractivity contribution in [2.75, 3.05) is 0 Å². The Kier molecular flexibility index (Phi) is 5.49. The molecule has 0 heterocycles. The molecule has 0 unspecified atom stereocenters. The van der Waals surface area contributed by atoms with E-state index in [0.29, 0.717) is 12.0 Å². The lowest BCUT2D eigenvalue weighted by molar-refractivity contribution is -0.137. The summed E-state index contributed by atoms with van der Waals surface area (Å²) in [6.07, 6.45) is -3.73. The lowest BCUT2D eigenvalue weighted by atomic mass is 9.99. The maximum Gasteiger partial charge on any atom is 0.416 e. The molecule has 0 aliphatic rings. The summed E-state index contributed by atoms with van der Waals surface area (Å²) in [6.45, 7) is 1.93. The summed E-state index contributed by atoms with van der Waals surface area (Å²) in [4.78, 5) is 12.3. The number of carbonyl (C=O) groups excluding carboxylic acids is 1. The van der Waals surface area contributed by atoms with Gasteiger partial charge in [0.25, 0.3) is 0 Å². The Labute approximate surface area is 156 Å². The van der Waals surface area contributed by atoms with E-state index in [1.165, 1.54) is 12.1 Å². The molecule has 0 aromatic heterocycles. The molecule has 140 valence electrons. The fourth-order valence-electron chi connectivity index (χ4n) is 3.14. The second-order valence-electron chi connectivity index (χ2n) is 6.55. The summed E-state index contributed by atoms with van der Waals surface area (Å²) in [5.74, 6) is -0.129.